The highest BCUT2D eigenvalue weighted by Gasteiger charge is 2.29. The molecular formula is C23H32N2O3. The molecule has 0 unspecified atom stereocenters. The van der Waals surface area contributed by atoms with E-state index in [-0.39, 0.29) is 17.8 Å². The van der Waals surface area contributed by atoms with Crippen molar-refractivity contribution in [2.75, 3.05) is 31.6 Å². The number of benzene rings is 1. The second kappa shape index (κ2) is 10.4. The molecule has 1 aliphatic carbocycles. The van der Waals surface area contributed by atoms with E-state index in [0.29, 0.717) is 5.92 Å². The number of piperidine rings is 1. The smallest absolute Gasteiger partial charge is 0.330 e. The number of methoxy groups -OCH3 is 1. The molecule has 0 aromatic heterocycles. The van der Waals surface area contributed by atoms with Crippen LogP contribution in [0.1, 0.15) is 50.5 Å². The van der Waals surface area contributed by atoms with Crippen LogP contribution in [0.15, 0.2) is 30.3 Å². The van der Waals surface area contributed by atoms with Crippen LogP contribution in [-0.4, -0.2) is 38.6 Å². The predicted octanol–water partition coefficient (Wildman–Crippen LogP) is 3.79. The van der Waals surface area contributed by atoms with Gasteiger partial charge in [0.05, 0.1) is 7.11 Å². The number of anilines is 1. The molecule has 1 aromatic rings. The van der Waals surface area contributed by atoms with E-state index in [1.807, 2.05) is 29.2 Å². The summed E-state index contributed by atoms with van der Waals surface area (Å²) in [5, 5.41) is 3.41. The van der Waals surface area contributed by atoms with Crippen molar-refractivity contribution >= 4 is 23.6 Å². The van der Waals surface area contributed by atoms with E-state index >= 15 is 0 Å². The molecule has 1 aromatic carbocycles. The summed E-state index contributed by atoms with van der Waals surface area (Å²) in [7, 11) is 1.37. The summed E-state index contributed by atoms with van der Waals surface area (Å²) < 4.78 is 4.67. The summed E-state index contributed by atoms with van der Waals surface area (Å²) >= 11 is 0. The van der Waals surface area contributed by atoms with Crippen LogP contribution in [0.3, 0.4) is 0 Å². The molecule has 5 nitrogen and oxygen atoms in total. The Balaban J connectivity index is 1.81. The zero-order chi connectivity index (χ0) is 19.8. The van der Waals surface area contributed by atoms with Crippen LogP contribution in [0.2, 0.25) is 0 Å². The lowest BCUT2D eigenvalue weighted by Gasteiger charge is -2.33. The van der Waals surface area contributed by atoms with Crippen LogP contribution < -0.4 is 10.2 Å². The molecule has 0 spiro atoms. The van der Waals surface area contributed by atoms with E-state index in [1.54, 1.807) is 6.08 Å². The summed E-state index contributed by atoms with van der Waals surface area (Å²) in [5.74, 6) is 0.565. The van der Waals surface area contributed by atoms with Gasteiger partial charge in [0.1, 0.15) is 0 Å². The van der Waals surface area contributed by atoms with Crippen molar-refractivity contribution in [1.82, 2.24) is 5.32 Å². The number of amides is 1. The molecule has 1 aliphatic heterocycles. The Hall–Kier alpha value is -2.14. The Morgan fingerprint density at radius 3 is 2.61 bits per heavy atom. The van der Waals surface area contributed by atoms with Crippen molar-refractivity contribution in [3.63, 3.8) is 0 Å². The standard InChI is InChI=1S/C23H32N2O3/c1-28-22(26)11-10-18-6-5-9-21(16-18)25(17-19-12-14-24-15-13-19)23(27)20-7-3-2-4-8-20/h5-6,9-11,16,19-20,24H,2-4,7-8,12-15,17H2,1H3/b11-10+. The lowest BCUT2D eigenvalue weighted by molar-refractivity contribution is -0.134. The molecule has 1 amide bonds. The molecule has 1 N–H and O–H groups in total. The Morgan fingerprint density at radius 2 is 1.89 bits per heavy atom. The fourth-order valence-electron chi connectivity index (χ4n) is 4.24. The third-order valence-electron chi connectivity index (χ3n) is 5.91. The van der Waals surface area contributed by atoms with Gasteiger partial charge in [-0.3, -0.25) is 4.79 Å². The number of rotatable bonds is 6. The van der Waals surface area contributed by atoms with E-state index in [1.165, 1.54) is 19.6 Å². The van der Waals surface area contributed by atoms with E-state index in [2.05, 4.69) is 10.1 Å². The average molecular weight is 385 g/mol. The first kappa shape index (κ1) is 20.6. The van der Waals surface area contributed by atoms with Crippen LogP contribution in [0.25, 0.3) is 6.08 Å². The largest absolute Gasteiger partial charge is 0.466 e. The van der Waals surface area contributed by atoms with Crippen molar-refractivity contribution in [3.05, 3.63) is 35.9 Å². The van der Waals surface area contributed by atoms with Crippen molar-refractivity contribution in [2.24, 2.45) is 11.8 Å². The average Bonchev–Trinajstić information content (AvgIpc) is 2.77. The first-order chi connectivity index (χ1) is 13.7. The first-order valence-electron chi connectivity index (χ1n) is 10.6. The highest BCUT2D eigenvalue weighted by molar-refractivity contribution is 5.95. The molecule has 0 atom stereocenters. The van der Waals surface area contributed by atoms with E-state index < -0.39 is 0 Å². The van der Waals surface area contributed by atoms with Gasteiger partial charge in [0.2, 0.25) is 5.91 Å². The number of nitrogens with zero attached hydrogens (tertiary/aromatic N) is 1. The number of esters is 1. The van der Waals surface area contributed by atoms with Crippen LogP contribution in [0.4, 0.5) is 5.69 Å². The van der Waals surface area contributed by atoms with Gasteiger partial charge in [0.25, 0.3) is 0 Å². The third-order valence-corrected chi connectivity index (χ3v) is 5.91. The normalized spacial score (nSPS) is 18.9. The maximum atomic E-state index is 13.4. The minimum absolute atomic E-state index is 0.143. The number of hydrogen-bond acceptors (Lipinski definition) is 4. The molecule has 0 bridgehead atoms. The number of hydrogen-bond donors (Lipinski definition) is 1. The lowest BCUT2D eigenvalue weighted by atomic mass is 9.87. The van der Waals surface area contributed by atoms with Gasteiger partial charge in [-0.15, -0.1) is 0 Å². The summed E-state index contributed by atoms with van der Waals surface area (Å²) in [6, 6.07) is 7.91. The van der Waals surface area contributed by atoms with Gasteiger partial charge >= 0.3 is 5.97 Å². The first-order valence-corrected chi connectivity index (χ1v) is 10.6. The van der Waals surface area contributed by atoms with Gasteiger partial charge in [-0.25, -0.2) is 4.79 Å². The molecule has 1 saturated carbocycles. The minimum Gasteiger partial charge on any atom is -0.466 e. The van der Waals surface area contributed by atoms with E-state index in [4.69, 9.17) is 0 Å². The van der Waals surface area contributed by atoms with Crippen LogP contribution >= 0.6 is 0 Å². The SMILES string of the molecule is COC(=O)/C=C/c1cccc(N(CC2CCNCC2)C(=O)C2CCCCC2)c1. The van der Waals surface area contributed by atoms with Crippen molar-refractivity contribution in [2.45, 2.75) is 44.9 Å². The zero-order valence-electron chi connectivity index (χ0n) is 16.9. The maximum Gasteiger partial charge on any atom is 0.330 e. The quantitative estimate of drug-likeness (QED) is 0.599. The second-order valence-electron chi connectivity index (χ2n) is 7.93. The molecule has 28 heavy (non-hydrogen) atoms. The predicted molar refractivity (Wildman–Crippen MR) is 112 cm³/mol. The fourth-order valence-corrected chi connectivity index (χ4v) is 4.24. The Kier molecular flexibility index (Phi) is 7.66. The highest BCUT2D eigenvalue weighted by atomic mass is 16.5. The summed E-state index contributed by atoms with van der Waals surface area (Å²) in [6.45, 7) is 2.83. The lowest BCUT2D eigenvalue weighted by Crippen LogP contribution is -2.42. The van der Waals surface area contributed by atoms with Crippen molar-refractivity contribution < 1.29 is 14.3 Å². The fraction of sp³-hybridized carbons (Fsp3) is 0.565. The molecule has 1 heterocycles. The second-order valence-corrected chi connectivity index (χ2v) is 7.93. The summed E-state index contributed by atoms with van der Waals surface area (Å²) in [5.41, 5.74) is 1.83. The monoisotopic (exact) mass is 384 g/mol. The Labute approximate surface area is 168 Å². The van der Waals surface area contributed by atoms with Crippen molar-refractivity contribution in [3.8, 4) is 0 Å². The van der Waals surface area contributed by atoms with Crippen LogP contribution in [0, 0.1) is 11.8 Å². The molecule has 3 rings (SSSR count). The van der Waals surface area contributed by atoms with Crippen LogP contribution in [0.5, 0.6) is 0 Å². The van der Waals surface area contributed by atoms with E-state index in [0.717, 1.165) is 69.4 Å². The number of ether oxygens (including phenoxy) is 1. The van der Waals surface area contributed by atoms with Gasteiger partial charge in [-0.2, -0.15) is 0 Å². The maximum absolute atomic E-state index is 13.4. The number of carbonyl (C=O) groups is 2. The molecule has 152 valence electrons. The number of nitrogens with one attached hydrogen (secondary N) is 1. The molecule has 2 fully saturated rings. The highest BCUT2D eigenvalue weighted by Crippen LogP contribution is 2.29. The topological polar surface area (TPSA) is 58.6 Å². The molecule has 5 heteroatoms. The van der Waals surface area contributed by atoms with Crippen molar-refractivity contribution in [1.29, 1.82) is 0 Å². The minimum atomic E-state index is -0.379. The zero-order valence-corrected chi connectivity index (χ0v) is 16.9. The summed E-state index contributed by atoms with van der Waals surface area (Å²) in [6.07, 6.45) is 10.9. The number of carbonyl (C=O) groups excluding carboxylic acids is 2. The van der Waals surface area contributed by atoms with Gasteiger partial charge in [0.15, 0.2) is 0 Å². The van der Waals surface area contributed by atoms with Gasteiger partial charge < -0.3 is 15.0 Å². The Bertz CT molecular complexity index is 689. The van der Waals surface area contributed by atoms with Gasteiger partial charge in [-0.1, -0.05) is 31.4 Å². The molecule has 1 saturated heterocycles. The Morgan fingerprint density at radius 1 is 1.14 bits per heavy atom. The molecule has 0 radical (unpaired) electrons. The van der Waals surface area contributed by atoms with E-state index in [9.17, 15) is 9.59 Å². The molecular weight excluding hydrogens is 352 g/mol. The van der Waals surface area contributed by atoms with Gasteiger partial charge in [0, 0.05) is 24.2 Å². The van der Waals surface area contributed by atoms with Gasteiger partial charge in [-0.05, 0) is 68.5 Å². The third kappa shape index (κ3) is 5.68. The summed E-state index contributed by atoms with van der Waals surface area (Å²) in [4.78, 5) is 26.8. The van der Waals surface area contributed by atoms with Crippen LogP contribution in [-0.2, 0) is 14.3 Å². The molecule has 2 aliphatic rings.